The van der Waals surface area contributed by atoms with Gasteiger partial charge >= 0.3 is 0 Å². The Hall–Kier alpha value is -2.95. The lowest BCUT2D eigenvalue weighted by Crippen LogP contribution is -2.26. The Labute approximate surface area is 133 Å². The standard InChI is InChI=1S/C18H15FN2O2/c1-12(15-8-4-5-11-20-15)21-18(22)17-10-9-16(23-17)13-6-2-3-7-14(13)19/h2-12H,1H3,(H,21,22)/t12-/m0/s1. The van der Waals surface area contributed by atoms with E-state index in [1.165, 1.54) is 12.1 Å². The molecule has 0 unspecified atom stereocenters. The maximum atomic E-state index is 13.7. The first-order chi connectivity index (χ1) is 11.1. The van der Waals surface area contributed by atoms with Crippen LogP contribution >= 0.6 is 0 Å². The molecular weight excluding hydrogens is 295 g/mol. The molecular formula is C18H15FN2O2. The SMILES string of the molecule is C[C@H](NC(=O)c1ccc(-c2ccccc2F)o1)c1ccccn1. The molecule has 0 aliphatic carbocycles. The highest BCUT2D eigenvalue weighted by Gasteiger charge is 2.17. The van der Waals surface area contributed by atoms with E-state index in [4.69, 9.17) is 4.42 Å². The summed E-state index contributed by atoms with van der Waals surface area (Å²) < 4.78 is 19.2. The third-order valence-electron chi connectivity index (χ3n) is 3.45. The number of carbonyl (C=O) groups is 1. The molecule has 0 aliphatic heterocycles. The molecule has 3 aromatic rings. The Morgan fingerprint density at radius 2 is 1.91 bits per heavy atom. The predicted molar refractivity (Wildman–Crippen MR) is 84.2 cm³/mol. The third kappa shape index (κ3) is 3.29. The minimum Gasteiger partial charge on any atom is -0.451 e. The second kappa shape index (κ2) is 6.44. The van der Waals surface area contributed by atoms with Gasteiger partial charge in [-0.3, -0.25) is 9.78 Å². The topological polar surface area (TPSA) is 55.1 Å². The van der Waals surface area contributed by atoms with Crippen LogP contribution in [0.25, 0.3) is 11.3 Å². The molecule has 2 aromatic heterocycles. The molecule has 0 spiro atoms. The molecule has 1 aromatic carbocycles. The monoisotopic (exact) mass is 310 g/mol. The van der Waals surface area contributed by atoms with E-state index in [0.717, 1.165) is 5.69 Å². The van der Waals surface area contributed by atoms with Gasteiger partial charge in [0.05, 0.1) is 17.3 Å². The Balaban J connectivity index is 1.75. The highest BCUT2D eigenvalue weighted by molar-refractivity contribution is 5.92. The van der Waals surface area contributed by atoms with E-state index >= 15 is 0 Å². The molecule has 5 heteroatoms. The number of carbonyl (C=O) groups excluding carboxylic acids is 1. The number of nitrogens with one attached hydrogen (secondary N) is 1. The molecule has 2 heterocycles. The van der Waals surface area contributed by atoms with Crippen molar-refractivity contribution in [3.8, 4) is 11.3 Å². The van der Waals surface area contributed by atoms with Gasteiger partial charge in [-0.2, -0.15) is 0 Å². The van der Waals surface area contributed by atoms with Gasteiger partial charge in [0.25, 0.3) is 5.91 Å². The summed E-state index contributed by atoms with van der Waals surface area (Å²) in [5.74, 6) is -0.314. The van der Waals surface area contributed by atoms with Crippen LogP contribution in [-0.4, -0.2) is 10.9 Å². The zero-order valence-corrected chi connectivity index (χ0v) is 12.5. The fraction of sp³-hybridized carbons (Fsp3) is 0.111. The van der Waals surface area contributed by atoms with Gasteiger partial charge in [0.1, 0.15) is 11.6 Å². The number of hydrogen-bond acceptors (Lipinski definition) is 3. The zero-order chi connectivity index (χ0) is 16.2. The van der Waals surface area contributed by atoms with E-state index in [0.29, 0.717) is 11.3 Å². The highest BCUT2D eigenvalue weighted by Crippen LogP contribution is 2.25. The zero-order valence-electron chi connectivity index (χ0n) is 12.5. The predicted octanol–water partition coefficient (Wildman–Crippen LogP) is 3.97. The quantitative estimate of drug-likeness (QED) is 0.793. The normalized spacial score (nSPS) is 11.9. The van der Waals surface area contributed by atoms with Crippen LogP contribution in [0, 0.1) is 5.82 Å². The Morgan fingerprint density at radius 1 is 1.13 bits per heavy atom. The molecule has 0 bridgehead atoms. The van der Waals surface area contributed by atoms with Gasteiger partial charge in [-0.15, -0.1) is 0 Å². The lowest BCUT2D eigenvalue weighted by Gasteiger charge is -2.11. The summed E-state index contributed by atoms with van der Waals surface area (Å²) in [6.45, 7) is 1.83. The van der Waals surface area contributed by atoms with Gasteiger partial charge in [0.2, 0.25) is 0 Å². The minimum absolute atomic E-state index is 0.131. The maximum Gasteiger partial charge on any atom is 0.287 e. The van der Waals surface area contributed by atoms with Crippen LogP contribution < -0.4 is 5.32 Å². The van der Waals surface area contributed by atoms with Crippen molar-refractivity contribution in [3.05, 3.63) is 78.1 Å². The van der Waals surface area contributed by atoms with Crippen molar-refractivity contribution in [1.82, 2.24) is 10.3 Å². The number of halogens is 1. The lowest BCUT2D eigenvalue weighted by molar-refractivity contribution is 0.0912. The molecule has 0 saturated heterocycles. The van der Waals surface area contributed by atoms with Crippen molar-refractivity contribution in [2.75, 3.05) is 0 Å². The summed E-state index contributed by atoms with van der Waals surface area (Å²) in [4.78, 5) is 16.4. The summed E-state index contributed by atoms with van der Waals surface area (Å²) in [7, 11) is 0. The fourth-order valence-corrected chi connectivity index (χ4v) is 2.24. The van der Waals surface area contributed by atoms with Crippen LogP contribution in [-0.2, 0) is 0 Å². The number of rotatable bonds is 4. The first-order valence-electron chi connectivity index (χ1n) is 7.21. The summed E-state index contributed by atoms with van der Waals surface area (Å²) in [5, 5.41) is 2.80. The van der Waals surface area contributed by atoms with Crippen molar-refractivity contribution in [3.63, 3.8) is 0 Å². The van der Waals surface area contributed by atoms with Gasteiger partial charge in [-0.25, -0.2) is 4.39 Å². The summed E-state index contributed by atoms with van der Waals surface area (Å²) in [6, 6.07) is 14.6. The molecule has 1 amide bonds. The van der Waals surface area contributed by atoms with Gasteiger partial charge in [-0.05, 0) is 43.3 Å². The number of hydrogen-bond donors (Lipinski definition) is 1. The van der Waals surface area contributed by atoms with Gasteiger partial charge in [0, 0.05) is 6.20 Å². The van der Waals surface area contributed by atoms with E-state index in [1.54, 1.807) is 30.5 Å². The number of benzene rings is 1. The van der Waals surface area contributed by atoms with E-state index < -0.39 is 5.82 Å². The fourth-order valence-electron chi connectivity index (χ4n) is 2.24. The first kappa shape index (κ1) is 15.0. The summed E-state index contributed by atoms with van der Waals surface area (Å²) >= 11 is 0. The van der Waals surface area contributed by atoms with Crippen LogP contribution in [0.4, 0.5) is 4.39 Å². The van der Waals surface area contributed by atoms with Crippen molar-refractivity contribution < 1.29 is 13.6 Å². The second-order valence-corrected chi connectivity index (χ2v) is 5.09. The van der Waals surface area contributed by atoms with Crippen LogP contribution in [0.15, 0.2) is 65.2 Å². The smallest absolute Gasteiger partial charge is 0.287 e. The number of furan rings is 1. The summed E-state index contributed by atoms with van der Waals surface area (Å²) in [6.07, 6.45) is 1.67. The van der Waals surface area contributed by atoms with Crippen molar-refractivity contribution >= 4 is 5.91 Å². The first-order valence-corrected chi connectivity index (χ1v) is 7.21. The summed E-state index contributed by atoms with van der Waals surface area (Å²) in [5.41, 5.74) is 1.08. The molecule has 0 fully saturated rings. The Morgan fingerprint density at radius 3 is 2.65 bits per heavy atom. The van der Waals surface area contributed by atoms with Gasteiger partial charge < -0.3 is 9.73 Å². The van der Waals surface area contributed by atoms with Gasteiger partial charge in [-0.1, -0.05) is 18.2 Å². The third-order valence-corrected chi connectivity index (χ3v) is 3.45. The molecule has 0 radical (unpaired) electrons. The van der Waals surface area contributed by atoms with Gasteiger partial charge in [0.15, 0.2) is 5.76 Å². The van der Waals surface area contributed by atoms with Crippen LogP contribution in [0.1, 0.15) is 29.2 Å². The van der Waals surface area contributed by atoms with E-state index in [-0.39, 0.29) is 17.7 Å². The number of nitrogens with zero attached hydrogens (tertiary/aromatic N) is 1. The molecule has 0 aliphatic rings. The van der Waals surface area contributed by atoms with E-state index in [2.05, 4.69) is 10.3 Å². The number of pyridine rings is 1. The minimum atomic E-state index is -0.393. The van der Waals surface area contributed by atoms with Crippen LogP contribution in [0.3, 0.4) is 0 Å². The van der Waals surface area contributed by atoms with E-state index in [1.807, 2.05) is 25.1 Å². The van der Waals surface area contributed by atoms with Crippen LogP contribution in [0.5, 0.6) is 0 Å². The van der Waals surface area contributed by atoms with Crippen molar-refractivity contribution in [2.24, 2.45) is 0 Å². The molecule has 1 atom stereocenters. The maximum absolute atomic E-state index is 13.7. The molecule has 1 N–H and O–H groups in total. The van der Waals surface area contributed by atoms with Crippen molar-refractivity contribution in [1.29, 1.82) is 0 Å². The molecule has 0 saturated carbocycles. The van der Waals surface area contributed by atoms with Crippen LogP contribution in [0.2, 0.25) is 0 Å². The molecule has 3 rings (SSSR count). The lowest BCUT2D eigenvalue weighted by atomic mass is 10.1. The van der Waals surface area contributed by atoms with E-state index in [9.17, 15) is 9.18 Å². The molecule has 23 heavy (non-hydrogen) atoms. The number of aromatic nitrogens is 1. The molecule has 4 nitrogen and oxygen atoms in total. The number of amides is 1. The molecule has 116 valence electrons. The second-order valence-electron chi connectivity index (χ2n) is 5.09. The highest BCUT2D eigenvalue weighted by atomic mass is 19.1. The largest absolute Gasteiger partial charge is 0.451 e. The average Bonchev–Trinajstić information content (AvgIpc) is 3.06. The van der Waals surface area contributed by atoms with Crippen molar-refractivity contribution in [2.45, 2.75) is 13.0 Å². The Kier molecular flexibility index (Phi) is 4.19. The Bertz CT molecular complexity index is 815. The average molecular weight is 310 g/mol.